The van der Waals surface area contributed by atoms with Crippen LogP contribution in [0.2, 0.25) is 0 Å². The van der Waals surface area contributed by atoms with E-state index in [2.05, 4.69) is 0 Å². The second-order valence-corrected chi connectivity index (χ2v) is 7.59. The zero-order valence-corrected chi connectivity index (χ0v) is 14.5. The zero-order valence-electron chi connectivity index (χ0n) is 12.9. The van der Waals surface area contributed by atoms with Gasteiger partial charge in [-0.15, -0.1) is 0 Å². The van der Waals surface area contributed by atoms with Crippen LogP contribution in [0.25, 0.3) is 0 Å². The maximum atomic E-state index is 12.8. The van der Waals surface area contributed by atoms with Gasteiger partial charge in [0.05, 0.1) is 11.5 Å². The lowest BCUT2D eigenvalue weighted by Crippen LogP contribution is -2.31. The molecule has 0 radical (unpaired) electrons. The number of nitrogens with zero attached hydrogens (tertiary/aromatic N) is 1. The summed E-state index contributed by atoms with van der Waals surface area (Å²) in [6.07, 6.45) is 0.778. The molecule has 0 saturated carbocycles. The molecule has 0 aliphatic carbocycles. The molecular formula is C16H21NO3S2. The lowest BCUT2D eigenvalue weighted by Gasteiger charge is -2.21. The Morgan fingerprint density at radius 2 is 1.86 bits per heavy atom. The monoisotopic (exact) mass is 339 g/mol. The van der Waals surface area contributed by atoms with Gasteiger partial charge in [0, 0.05) is 13.1 Å². The van der Waals surface area contributed by atoms with Crippen LogP contribution in [0.5, 0.6) is 5.75 Å². The molecular weight excluding hydrogens is 318 g/mol. The van der Waals surface area contributed by atoms with E-state index >= 15 is 0 Å². The Morgan fingerprint density at radius 3 is 2.41 bits per heavy atom. The van der Waals surface area contributed by atoms with Gasteiger partial charge in [0.25, 0.3) is 0 Å². The van der Waals surface area contributed by atoms with Crippen molar-refractivity contribution in [3.63, 3.8) is 0 Å². The highest BCUT2D eigenvalue weighted by Crippen LogP contribution is 2.22. The van der Waals surface area contributed by atoms with Gasteiger partial charge >= 0.3 is 0 Å². The minimum atomic E-state index is -3.49. The van der Waals surface area contributed by atoms with Crippen molar-refractivity contribution in [2.45, 2.75) is 31.7 Å². The van der Waals surface area contributed by atoms with Crippen LogP contribution in [0, 0.1) is 0 Å². The summed E-state index contributed by atoms with van der Waals surface area (Å²) in [6.45, 7) is 5.35. The summed E-state index contributed by atoms with van der Waals surface area (Å²) in [5, 5.41) is 3.94. The second-order valence-electron chi connectivity index (χ2n) is 4.87. The minimum Gasteiger partial charge on any atom is -0.494 e. The molecule has 0 bridgehead atoms. The first-order valence-electron chi connectivity index (χ1n) is 7.32. The molecule has 6 heteroatoms. The third kappa shape index (κ3) is 4.09. The van der Waals surface area contributed by atoms with Gasteiger partial charge in [-0.25, -0.2) is 8.42 Å². The van der Waals surface area contributed by atoms with Gasteiger partial charge in [0.1, 0.15) is 5.75 Å². The summed E-state index contributed by atoms with van der Waals surface area (Å²) < 4.78 is 32.5. The predicted octanol–water partition coefficient (Wildman–Crippen LogP) is 3.75. The molecule has 0 unspecified atom stereocenters. The predicted molar refractivity (Wildman–Crippen MR) is 89.8 cm³/mol. The van der Waals surface area contributed by atoms with Crippen LogP contribution in [0.4, 0.5) is 0 Å². The SMILES string of the molecule is CCCN(Cc1ccsc1)S(=O)(=O)c1ccc(OCC)cc1. The van der Waals surface area contributed by atoms with Crippen molar-refractivity contribution in [2.75, 3.05) is 13.2 Å². The van der Waals surface area contributed by atoms with Crippen molar-refractivity contribution in [2.24, 2.45) is 0 Å². The van der Waals surface area contributed by atoms with Crippen LogP contribution in [0.3, 0.4) is 0 Å². The molecule has 4 nitrogen and oxygen atoms in total. The first-order valence-corrected chi connectivity index (χ1v) is 9.70. The van der Waals surface area contributed by atoms with E-state index < -0.39 is 10.0 Å². The average molecular weight is 339 g/mol. The van der Waals surface area contributed by atoms with E-state index in [0.717, 1.165) is 12.0 Å². The van der Waals surface area contributed by atoms with E-state index in [0.29, 0.717) is 30.3 Å². The van der Waals surface area contributed by atoms with Crippen LogP contribution in [-0.2, 0) is 16.6 Å². The van der Waals surface area contributed by atoms with E-state index in [1.807, 2.05) is 30.7 Å². The number of hydrogen-bond acceptors (Lipinski definition) is 4. The lowest BCUT2D eigenvalue weighted by molar-refractivity contribution is 0.340. The summed E-state index contributed by atoms with van der Waals surface area (Å²) in [5.41, 5.74) is 1.02. The van der Waals surface area contributed by atoms with Gasteiger partial charge < -0.3 is 4.74 Å². The van der Waals surface area contributed by atoms with E-state index in [1.54, 1.807) is 35.6 Å². The van der Waals surface area contributed by atoms with Gasteiger partial charge in [-0.1, -0.05) is 6.92 Å². The molecule has 0 amide bonds. The minimum absolute atomic E-state index is 0.305. The third-order valence-corrected chi connectivity index (χ3v) is 5.78. The molecule has 2 aromatic rings. The highest BCUT2D eigenvalue weighted by atomic mass is 32.2. The first kappa shape index (κ1) is 17.0. The number of ether oxygens (including phenoxy) is 1. The maximum Gasteiger partial charge on any atom is 0.243 e. The molecule has 0 aliphatic heterocycles. The fraction of sp³-hybridized carbons (Fsp3) is 0.375. The molecule has 0 spiro atoms. The number of benzene rings is 1. The summed E-state index contributed by atoms with van der Waals surface area (Å²) >= 11 is 1.58. The molecule has 2 rings (SSSR count). The van der Waals surface area contributed by atoms with Gasteiger partial charge in [-0.2, -0.15) is 15.6 Å². The fourth-order valence-electron chi connectivity index (χ4n) is 2.14. The molecule has 0 saturated heterocycles. The van der Waals surface area contributed by atoms with Crippen molar-refractivity contribution < 1.29 is 13.2 Å². The molecule has 1 heterocycles. The molecule has 0 atom stereocenters. The molecule has 0 fully saturated rings. The average Bonchev–Trinajstić information content (AvgIpc) is 3.01. The Labute approximate surface area is 136 Å². The number of hydrogen-bond donors (Lipinski definition) is 0. The Hall–Kier alpha value is -1.37. The Kier molecular flexibility index (Phi) is 5.99. The molecule has 0 aliphatic rings. The van der Waals surface area contributed by atoms with E-state index in [4.69, 9.17) is 4.74 Å². The van der Waals surface area contributed by atoms with Crippen molar-refractivity contribution in [3.05, 3.63) is 46.7 Å². The second kappa shape index (κ2) is 7.76. The molecule has 1 aromatic heterocycles. The van der Waals surface area contributed by atoms with Crippen LogP contribution in [-0.4, -0.2) is 25.9 Å². The van der Waals surface area contributed by atoms with E-state index in [1.165, 1.54) is 4.31 Å². The van der Waals surface area contributed by atoms with Crippen LogP contribution >= 0.6 is 11.3 Å². The van der Waals surface area contributed by atoms with E-state index in [9.17, 15) is 8.42 Å². The van der Waals surface area contributed by atoms with Crippen molar-refractivity contribution in [1.82, 2.24) is 4.31 Å². The van der Waals surface area contributed by atoms with Gasteiger partial charge in [-0.3, -0.25) is 0 Å². The lowest BCUT2D eigenvalue weighted by atomic mass is 10.3. The van der Waals surface area contributed by atoms with Crippen molar-refractivity contribution in [3.8, 4) is 5.75 Å². The summed E-state index contributed by atoms with van der Waals surface area (Å²) in [5.74, 6) is 0.682. The van der Waals surface area contributed by atoms with Crippen LogP contribution in [0.1, 0.15) is 25.8 Å². The number of rotatable bonds is 8. The first-order chi connectivity index (χ1) is 10.6. The van der Waals surface area contributed by atoms with Crippen molar-refractivity contribution in [1.29, 1.82) is 0 Å². The summed E-state index contributed by atoms with van der Waals surface area (Å²) in [4.78, 5) is 0.305. The third-order valence-electron chi connectivity index (χ3n) is 3.18. The Balaban J connectivity index is 2.24. The van der Waals surface area contributed by atoms with E-state index in [-0.39, 0.29) is 0 Å². The Morgan fingerprint density at radius 1 is 1.14 bits per heavy atom. The highest BCUT2D eigenvalue weighted by molar-refractivity contribution is 7.89. The Bertz CT molecular complexity index is 664. The zero-order chi connectivity index (χ0) is 16.0. The van der Waals surface area contributed by atoms with Crippen LogP contribution < -0.4 is 4.74 Å². The fourth-order valence-corrected chi connectivity index (χ4v) is 4.32. The number of sulfonamides is 1. The van der Waals surface area contributed by atoms with Crippen molar-refractivity contribution >= 4 is 21.4 Å². The topological polar surface area (TPSA) is 46.6 Å². The highest BCUT2D eigenvalue weighted by Gasteiger charge is 2.24. The quantitative estimate of drug-likeness (QED) is 0.736. The normalized spacial score (nSPS) is 11.8. The largest absolute Gasteiger partial charge is 0.494 e. The van der Waals surface area contributed by atoms with Gasteiger partial charge in [0.2, 0.25) is 10.0 Å². The van der Waals surface area contributed by atoms with Crippen LogP contribution in [0.15, 0.2) is 46.0 Å². The maximum absolute atomic E-state index is 12.8. The smallest absolute Gasteiger partial charge is 0.243 e. The van der Waals surface area contributed by atoms with Gasteiger partial charge in [-0.05, 0) is 60.0 Å². The molecule has 22 heavy (non-hydrogen) atoms. The number of thiophene rings is 1. The molecule has 0 N–H and O–H groups in total. The standard InChI is InChI=1S/C16H21NO3S2/c1-3-10-17(12-14-9-11-21-13-14)22(18,19)16-7-5-15(6-8-16)20-4-2/h5-9,11,13H,3-4,10,12H2,1-2H3. The molecule has 120 valence electrons. The summed E-state index contributed by atoms with van der Waals surface area (Å²) in [7, 11) is -3.49. The molecule has 1 aromatic carbocycles. The summed E-state index contributed by atoms with van der Waals surface area (Å²) in [6, 6.07) is 8.57. The van der Waals surface area contributed by atoms with Gasteiger partial charge in [0.15, 0.2) is 0 Å².